The lowest BCUT2D eigenvalue weighted by molar-refractivity contribution is -0.137. The molecule has 0 unspecified atom stereocenters. The highest BCUT2D eigenvalue weighted by Crippen LogP contribution is 2.22. The summed E-state index contributed by atoms with van der Waals surface area (Å²) in [4.78, 5) is 11.8. The summed E-state index contributed by atoms with van der Waals surface area (Å²) < 4.78 is 18.4. The largest absolute Gasteiger partial charge is 0.463 e. The third-order valence-electron chi connectivity index (χ3n) is 3.37. The van der Waals surface area contributed by atoms with Crippen LogP contribution < -0.4 is 0 Å². The molecule has 0 bridgehead atoms. The van der Waals surface area contributed by atoms with Gasteiger partial charge in [-0.1, -0.05) is 35.9 Å². The van der Waals surface area contributed by atoms with Crippen molar-refractivity contribution in [3.8, 4) is 0 Å². The number of rotatable bonds is 6. The topological polar surface area (TPSA) is 26.3 Å². The Hall–Kier alpha value is -2.13. The second kappa shape index (κ2) is 8.49. The van der Waals surface area contributed by atoms with Crippen molar-refractivity contribution in [2.75, 3.05) is 6.61 Å². The van der Waals surface area contributed by atoms with E-state index in [0.717, 1.165) is 17.6 Å². The van der Waals surface area contributed by atoms with Crippen molar-refractivity contribution in [2.45, 2.75) is 19.8 Å². The van der Waals surface area contributed by atoms with E-state index in [9.17, 15) is 9.18 Å². The highest BCUT2D eigenvalue weighted by molar-refractivity contribution is 6.30. The van der Waals surface area contributed by atoms with Crippen molar-refractivity contribution in [1.82, 2.24) is 0 Å². The molecule has 0 amide bonds. The molecule has 0 atom stereocenters. The summed E-state index contributed by atoms with van der Waals surface area (Å²) in [7, 11) is 0. The van der Waals surface area contributed by atoms with Gasteiger partial charge in [0.2, 0.25) is 0 Å². The zero-order chi connectivity index (χ0) is 16.7. The summed E-state index contributed by atoms with van der Waals surface area (Å²) in [5.41, 5.74) is 2.53. The zero-order valence-electron chi connectivity index (χ0n) is 12.9. The van der Waals surface area contributed by atoms with E-state index in [0.29, 0.717) is 23.6 Å². The summed E-state index contributed by atoms with van der Waals surface area (Å²) in [5, 5.41) is 0.682. The molecule has 0 heterocycles. The predicted octanol–water partition coefficient (Wildman–Crippen LogP) is 5.06. The predicted molar refractivity (Wildman–Crippen MR) is 90.8 cm³/mol. The fourth-order valence-corrected chi connectivity index (χ4v) is 2.37. The number of hydrogen-bond acceptors (Lipinski definition) is 2. The number of aryl methyl sites for hydroxylation is 1. The van der Waals surface area contributed by atoms with E-state index < -0.39 is 5.97 Å². The second-order valence-corrected chi connectivity index (χ2v) is 5.49. The number of ether oxygens (including phenoxy) is 1. The smallest absolute Gasteiger partial charge is 0.331 e. The zero-order valence-corrected chi connectivity index (χ0v) is 13.6. The summed E-state index contributed by atoms with van der Waals surface area (Å²) in [6, 6.07) is 13.8. The van der Waals surface area contributed by atoms with Gasteiger partial charge < -0.3 is 4.74 Å². The standard InChI is InChI=1S/C19H18ClFO2/c1-2-23-19(22)13-16(15-4-3-5-18(21)12-15)9-6-14-7-10-17(20)11-8-14/h3-5,7-8,10-13H,2,6,9H2,1H3/b16-13+. The molecule has 0 aliphatic rings. The molecule has 4 heteroatoms. The third kappa shape index (κ3) is 5.53. The molecular weight excluding hydrogens is 315 g/mol. The van der Waals surface area contributed by atoms with E-state index in [1.807, 2.05) is 24.3 Å². The molecule has 2 nitrogen and oxygen atoms in total. The van der Waals surface area contributed by atoms with E-state index in [1.54, 1.807) is 19.1 Å². The fraction of sp³-hybridized carbons (Fsp3) is 0.211. The van der Waals surface area contributed by atoms with Crippen LogP contribution in [0.15, 0.2) is 54.6 Å². The number of carbonyl (C=O) groups is 1. The Bertz CT molecular complexity index is 693. The highest BCUT2D eigenvalue weighted by atomic mass is 35.5. The van der Waals surface area contributed by atoms with Crippen molar-refractivity contribution in [3.05, 3.63) is 76.6 Å². The van der Waals surface area contributed by atoms with Gasteiger partial charge in [-0.2, -0.15) is 0 Å². The summed E-state index contributed by atoms with van der Waals surface area (Å²) in [5.74, 6) is -0.744. The Morgan fingerprint density at radius 3 is 2.61 bits per heavy atom. The van der Waals surface area contributed by atoms with Crippen LogP contribution in [0, 0.1) is 5.82 Å². The molecule has 0 saturated carbocycles. The van der Waals surface area contributed by atoms with E-state index in [1.165, 1.54) is 18.2 Å². The molecule has 0 aromatic heterocycles. The molecule has 0 aliphatic heterocycles. The van der Waals surface area contributed by atoms with Crippen molar-refractivity contribution >= 4 is 23.1 Å². The van der Waals surface area contributed by atoms with Crippen molar-refractivity contribution in [1.29, 1.82) is 0 Å². The van der Waals surface area contributed by atoms with Gasteiger partial charge in [-0.15, -0.1) is 0 Å². The Labute approximate surface area is 140 Å². The van der Waals surface area contributed by atoms with Gasteiger partial charge in [0.1, 0.15) is 5.82 Å². The van der Waals surface area contributed by atoms with Crippen LogP contribution in [0.1, 0.15) is 24.5 Å². The minimum absolute atomic E-state index is 0.308. The van der Waals surface area contributed by atoms with Crippen LogP contribution in [-0.2, 0) is 16.0 Å². The quantitative estimate of drug-likeness (QED) is 0.546. The minimum atomic E-state index is -0.414. The molecule has 2 aromatic carbocycles. The first-order valence-corrected chi connectivity index (χ1v) is 7.84. The number of carbonyl (C=O) groups excluding carboxylic acids is 1. The van der Waals surface area contributed by atoms with E-state index in [4.69, 9.17) is 16.3 Å². The van der Waals surface area contributed by atoms with Crippen LogP contribution in [0.25, 0.3) is 5.57 Å². The van der Waals surface area contributed by atoms with Crippen LogP contribution in [-0.4, -0.2) is 12.6 Å². The minimum Gasteiger partial charge on any atom is -0.463 e. The summed E-state index contributed by atoms with van der Waals surface area (Å²) in [6.07, 6.45) is 2.76. The maximum Gasteiger partial charge on any atom is 0.331 e. The van der Waals surface area contributed by atoms with E-state index in [-0.39, 0.29) is 5.82 Å². The number of benzene rings is 2. The van der Waals surface area contributed by atoms with Crippen molar-refractivity contribution in [2.24, 2.45) is 0 Å². The normalized spacial score (nSPS) is 11.3. The van der Waals surface area contributed by atoms with Crippen LogP contribution in [0.3, 0.4) is 0 Å². The maximum absolute atomic E-state index is 13.5. The number of esters is 1. The Balaban J connectivity index is 2.19. The summed E-state index contributed by atoms with van der Waals surface area (Å²) >= 11 is 5.88. The lowest BCUT2D eigenvalue weighted by Gasteiger charge is -2.09. The molecule has 23 heavy (non-hydrogen) atoms. The molecule has 0 spiro atoms. The van der Waals surface area contributed by atoms with Crippen LogP contribution in [0.2, 0.25) is 5.02 Å². The maximum atomic E-state index is 13.5. The van der Waals surface area contributed by atoms with Crippen LogP contribution >= 0.6 is 11.6 Å². The fourth-order valence-electron chi connectivity index (χ4n) is 2.24. The molecule has 0 N–H and O–H groups in total. The van der Waals surface area contributed by atoms with Gasteiger partial charge in [-0.05, 0) is 60.7 Å². The van der Waals surface area contributed by atoms with Gasteiger partial charge in [0.05, 0.1) is 6.61 Å². The number of hydrogen-bond donors (Lipinski definition) is 0. The monoisotopic (exact) mass is 332 g/mol. The molecular formula is C19H18ClFO2. The molecule has 120 valence electrons. The SMILES string of the molecule is CCOC(=O)/C=C(\CCc1ccc(Cl)cc1)c1cccc(F)c1. The number of allylic oxidation sites excluding steroid dienone is 1. The third-order valence-corrected chi connectivity index (χ3v) is 3.62. The summed E-state index contributed by atoms with van der Waals surface area (Å²) in [6.45, 7) is 2.06. The van der Waals surface area contributed by atoms with Gasteiger partial charge in [0.25, 0.3) is 0 Å². The molecule has 0 radical (unpaired) electrons. The molecule has 2 rings (SSSR count). The molecule has 0 aliphatic carbocycles. The average molecular weight is 333 g/mol. The highest BCUT2D eigenvalue weighted by Gasteiger charge is 2.08. The first-order valence-electron chi connectivity index (χ1n) is 7.46. The first-order chi connectivity index (χ1) is 11.1. The lowest BCUT2D eigenvalue weighted by Crippen LogP contribution is -2.02. The Morgan fingerprint density at radius 1 is 1.22 bits per heavy atom. The Kier molecular flexibility index (Phi) is 6.36. The lowest BCUT2D eigenvalue weighted by atomic mass is 9.98. The molecule has 0 fully saturated rings. The van der Waals surface area contributed by atoms with Crippen molar-refractivity contribution < 1.29 is 13.9 Å². The van der Waals surface area contributed by atoms with Gasteiger partial charge >= 0.3 is 5.97 Å². The molecule has 0 saturated heterocycles. The van der Waals surface area contributed by atoms with Gasteiger partial charge in [0, 0.05) is 11.1 Å². The average Bonchev–Trinajstić information content (AvgIpc) is 2.53. The van der Waals surface area contributed by atoms with Gasteiger partial charge in [-0.25, -0.2) is 9.18 Å². The van der Waals surface area contributed by atoms with E-state index in [2.05, 4.69) is 0 Å². The number of halogens is 2. The van der Waals surface area contributed by atoms with E-state index >= 15 is 0 Å². The van der Waals surface area contributed by atoms with Crippen LogP contribution in [0.4, 0.5) is 4.39 Å². The van der Waals surface area contributed by atoms with Crippen molar-refractivity contribution in [3.63, 3.8) is 0 Å². The molecule has 2 aromatic rings. The van der Waals surface area contributed by atoms with Crippen LogP contribution in [0.5, 0.6) is 0 Å². The van der Waals surface area contributed by atoms with Gasteiger partial charge in [0.15, 0.2) is 0 Å². The first kappa shape index (κ1) is 17.2. The van der Waals surface area contributed by atoms with Gasteiger partial charge in [-0.3, -0.25) is 0 Å². The second-order valence-electron chi connectivity index (χ2n) is 5.06. The Morgan fingerprint density at radius 2 is 1.96 bits per heavy atom.